The van der Waals surface area contributed by atoms with Gasteiger partial charge in [-0.2, -0.15) is 0 Å². The Kier molecular flexibility index (Phi) is 6.36. The summed E-state index contributed by atoms with van der Waals surface area (Å²) in [5.74, 6) is 0. The van der Waals surface area contributed by atoms with Gasteiger partial charge >= 0.3 is 0 Å². The van der Waals surface area contributed by atoms with E-state index in [1.165, 1.54) is 22.3 Å². The fourth-order valence-corrected chi connectivity index (χ4v) is 2.63. The van der Waals surface area contributed by atoms with Crippen molar-refractivity contribution in [1.29, 1.82) is 0 Å². The first kappa shape index (κ1) is 18.0. The molecule has 1 atom stereocenters. The third-order valence-electron chi connectivity index (χ3n) is 3.94. The van der Waals surface area contributed by atoms with Crippen LogP contribution in [0, 0.1) is 0 Å². The largest absolute Gasteiger partial charge is 0.324 e. The summed E-state index contributed by atoms with van der Waals surface area (Å²) in [7, 11) is 0. The Balaban J connectivity index is 0.00000208. The Morgan fingerprint density at radius 3 is 1.62 bits per heavy atom. The summed E-state index contributed by atoms with van der Waals surface area (Å²) in [6, 6.07) is 29.5. The molecule has 0 spiro atoms. The highest BCUT2D eigenvalue weighted by Gasteiger charge is 2.05. The van der Waals surface area contributed by atoms with E-state index in [4.69, 9.17) is 5.73 Å². The SMILES string of the molecule is CC(N)c1ccc(C=C(c2ccccc2)c2ccccc2)cc1.Cl. The van der Waals surface area contributed by atoms with Crippen LogP contribution in [0.3, 0.4) is 0 Å². The van der Waals surface area contributed by atoms with E-state index in [9.17, 15) is 0 Å². The van der Waals surface area contributed by atoms with Crippen molar-refractivity contribution in [2.75, 3.05) is 0 Å². The van der Waals surface area contributed by atoms with Gasteiger partial charge in [-0.25, -0.2) is 0 Å². The first-order valence-electron chi connectivity index (χ1n) is 7.92. The van der Waals surface area contributed by atoms with Crippen molar-refractivity contribution in [2.45, 2.75) is 13.0 Å². The van der Waals surface area contributed by atoms with Crippen LogP contribution in [-0.4, -0.2) is 0 Å². The van der Waals surface area contributed by atoms with Gasteiger partial charge in [0.25, 0.3) is 0 Å². The number of benzene rings is 3. The number of hydrogen-bond acceptors (Lipinski definition) is 1. The average molecular weight is 336 g/mol. The minimum absolute atomic E-state index is 0. The van der Waals surface area contributed by atoms with Gasteiger partial charge in [0.2, 0.25) is 0 Å². The molecule has 0 saturated carbocycles. The minimum atomic E-state index is 0. The van der Waals surface area contributed by atoms with E-state index in [1.807, 2.05) is 19.1 Å². The fourth-order valence-electron chi connectivity index (χ4n) is 2.63. The molecule has 2 N–H and O–H groups in total. The minimum Gasteiger partial charge on any atom is -0.324 e. The van der Waals surface area contributed by atoms with Crippen LogP contribution in [0.2, 0.25) is 0 Å². The zero-order valence-corrected chi connectivity index (χ0v) is 14.5. The Morgan fingerprint density at radius 1 is 0.750 bits per heavy atom. The number of rotatable bonds is 4. The molecule has 0 saturated heterocycles. The monoisotopic (exact) mass is 335 g/mol. The molecule has 0 aromatic heterocycles. The predicted molar refractivity (Wildman–Crippen MR) is 106 cm³/mol. The van der Waals surface area contributed by atoms with Gasteiger partial charge in [-0.1, -0.05) is 84.9 Å². The lowest BCUT2D eigenvalue weighted by Gasteiger charge is -2.10. The van der Waals surface area contributed by atoms with Crippen LogP contribution >= 0.6 is 12.4 Å². The highest BCUT2D eigenvalue weighted by Crippen LogP contribution is 2.26. The van der Waals surface area contributed by atoms with Gasteiger partial charge < -0.3 is 5.73 Å². The van der Waals surface area contributed by atoms with E-state index < -0.39 is 0 Å². The summed E-state index contributed by atoms with van der Waals surface area (Å²) in [5.41, 5.74) is 11.9. The lowest BCUT2D eigenvalue weighted by atomic mass is 9.95. The molecule has 1 unspecified atom stereocenters. The maximum Gasteiger partial charge on any atom is 0.0266 e. The van der Waals surface area contributed by atoms with Crippen LogP contribution in [0.25, 0.3) is 11.6 Å². The second-order valence-corrected chi connectivity index (χ2v) is 5.75. The maximum atomic E-state index is 5.93. The van der Waals surface area contributed by atoms with Gasteiger partial charge in [0, 0.05) is 6.04 Å². The number of nitrogens with two attached hydrogens (primary N) is 1. The van der Waals surface area contributed by atoms with Gasteiger partial charge in [0.15, 0.2) is 0 Å². The molecular weight excluding hydrogens is 314 g/mol. The summed E-state index contributed by atoms with van der Waals surface area (Å²) in [5, 5.41) is 0. The van der Waals surface area contributed by atoms with Crippen molar-refractivity contribution in [1.82, 2.24) is 0 Å². The molecule has 2 heteroatoms. The van der Waals surface area contributed by atoms with Crippen molar-refractivity contribution >= 4 is 24.1 Å². The lowest BCUT2D eigenvalue weighted by Crippen LogP contribution is -2.04. The average Bonchev–Trinajstić information content (AvgIpc) is 2.61. The molecule has 1 nitrogen and oxygen atoms in total. The third-order valence-corrected chi connectivity index (χ3v) is 3.94. The van der Waals surface area contributed by atoms with Crippen LogP contribution in [0.1, 0.15) is 35.2 Å². The summed E-state index contributed by atoms with van der Waals surface area (Å²) in [4.78, 5) is 0. The van der Waals surface area contributed by atoms with Crippen molar-refractivity contribution in [2.24, 2.45) is 5.73 Å². The molecule has 0 bridgehead atoms. The first-order chi connectivity index (χ1) is 11.2. The van der Waals surface area contributed by atoms with Crippen molar-refractivity contribution in [3.05, 3.63) is 107 Å². The number of halogens is 1. The molecule has 0 amide bonds. The summed E-state index contributed by atoms with van der Waals surface area (Å²) in [6.45, 7) is 2.00. The van der Waals surface area contributed by atoms with E-state index in [0.717, 1.165) is 5.56 Å². The molecule has 3 aromatic rings. The van der Waals surface area contributed by atoms with Gasteiger partial charge in [-0.15, -0.1) is 12.4 Å². The smallest absolute Gasteiger partial charge is 0.0266 e. The second kappa shape index (κ2) is 8.49. The Labute approximate surface area is 150 Å². The lowest BCUT2D eigenvalue weighted by molar-refractivity contribution is 0.818. The predicted octanol–water partition coefficient (Wildman–Crippen LogP) is 5.72. The Bertz CT molecular complexity index is 734. The summed E-state index contributed by atoms with van der Waals surface area (Å²) in [6.07, 6.45) is 2.23. The Hall–Kier alpha value is -2.35. The van der Waals surface area contributed by atoms with Crippen molar-refractivity contribution < 1.29 is 0 Å². The van der Waals surface area contributed by atoms with Crippen molar-refractivity contribution in [3.8, 4) is 0 Å². The molecule has 24 heavy (non-hydrogen) atoms. The van der Waals surface area contributed by atoms with Gasteiger partial charge in [-0.05, 0) is 40.8 Å². The van der Waals surface area contributed by atoms with Gasteiger partial charge in [0.1, 0.15) is 0 Å². The molecule has 3 aromatic carbocycles. The molecule has 3 rings (SSSR count). The van der Waals surface area contributed by atoms with Crippen LogP contribution < -0.4 is 5.73 Å². The molecular formula is C22H22ClN. The molecule has 0 radical (unpaired) electrons. The van der Waals surface area contributed by atoms with Crippen LogP contribution in [0.5, 0.6) is 0 Å². The third kappa shape index (κ3) is 4.35. The van der Waals surface area contributed by atoms with Gasteiger partial charge in [0.05, 0.1) is 0 Å². The highest BCUT2D eigenvalue weighted by molar-refractivity contribution is 5.91. The topological polar surface area (TPSA) is 26.0 Å². The highest BCUT2D eigenvalue weighted by atomic mass is 35.5. The van der Waals surface area contributed by atoms with Crippen LogP contribution in [-0.2, 0) is 0 Å². The van der Waals surface area contributed by atoms with E-state index >= 15 is 0 Å². The van der Waals surface area contributed by atoms with Crippen LogP contribution in [0.4, 0.5) is 0 Å². The van der Waals surface area contributed by atoms with Gasteiger partial charge in [-0.3, -0.25) is 0 Å². The van der Waals surface area contributed by atoms with Crippen molar-refractivity contribution in [3.63, 3.8) is 0 Å². The van der Waals surface area contributed by atoms with E-state index in [2.05, 4.69) is 78.9 Å². The quantitative estimate of drug-likeness (QED) is 0.606. The second-order valence-electron chi connectivity index (χ2n) is 5.75. The first-order valence-corrected chi connectivity index (χ1v) is 7.92. The fraction of sp³-hybridized carbons (Fsp3) is 0.0909. The molecule has 0 aliphatic carbocycles. The van der Waals surface area contributed by atoms with Crippen LogP contribution in [0.15, 0.2) is 84.9 Å². The molecule has 0 fully saturated rings. The molecule has 122 valence electrons. The molecule has 0 heterocycles. The van der Waals surface area contributed by atoms with E-state index in [1.54, 1.807) is 0 Å². The van der Waals surface area contributed by atoms with E-state index in [-0.39, 0.29) is 18.4 Å². The maximum absolute atomic E-state index is 5.93. The standard InChI is InChI=1S/C22H21N.ClH/c1-17(23)19-14-12-18(13-15-19)16-22(20-8-4-2-5-9-20)21-10-6-3-7-11-21;/h2-17H,23H2,1H3;1H. The van der Waals surface area contributed by atoms with E-state index in [0.29, 0.717) is 0 Å². The molecule has 0 aliphatic heterocycles. The molecule has 0 aliphatic rings. The summed E-state index contributed by atoms with van der Waals surface area (Å²) >= 11 is 0. The Morgan fingerprint density at radius 2 is 1.21 bits per heavy atom. The zero-order valence-electron chi connectivity index (χ0n) is 13.7. The normalized spacial score (nSPS) is 11.2. The zero-order chi connectivity index (χ0) is 16.1. The summed E-state index contributed by atoms with van der Waals surface area (Å²) < 4.78 is 0. The number of hydrogen-bond donors (Lipinski definition) is 1.